The predicted octanol–water partition coefficient (Wildman–Crippen LogP) is 3.81. The Morgan fingerprint density at radius 3 is 1.41 bits per heavy atom. The zero-order chi connectivity index (χ0) is 29.9. The van der Waals surface area contributed by atoms with Crippen molar-refractivity contribution in [1.29, 1.82) is 0 Å². The first-order chi connectivity index (χ1) is 19.2. The molecule has 0 atom stereocenters. The Hall–Kier alpha value is -2.25. The summed E-state index contributed by atoms with van der Waals surface area (Å²) in [5.74, 6) is 0.324. The van der Waals surface area contributed by atoms with E-state index in [0.29, 0.717) is 57.4 Å². The summed E-state index contributed by atoms with van der Waals surface area (Å²) in [7, 11) is 1.57. The van der Waals surface area contributed by atoms with Gasteiger partial charge in [-0.25, -0.2) is 14.5 Å². The molecule has 0 radical (unpaired) electrons. The molecule has 0 aliphatic heterocycles. The van der Waals surface area contributed by atoms with E-state index in [1.54, 1.807) is 69.5 Å². The van der Waals surface area contributed by atoms with E-state index in [-0.39, 0.29) is 36.3 Å². The Labute approximate surface area is 273 Å². The van der Waals surface area contributed by atoms with Crippen LogP contribution in [0.4, 0.5) is 0 Å². The van der Waals surface area contributed by atoms with Crippen LogP contribution in [-0.2, 0) is 90.8 Å². The Kier molecular flexibility index (Phi) is 21.1. The maximum atomic E-state index is 11.2. The number of rotatable bonds is 14. The second-order valence-electron chi connectivity index (χ2n) is 7.65. The van der Waals surface area contributed by atoms with Crippen molar-refractivity contribution in [2.75, 3.05) is 46.8 Å². The molecule has 0 fully saturated rings. The number of ether oxygens (including phenoxy) is 5. The van der Waals surface area contributed by atoms with E-state index in [1.165, 1.54) is 0 Å². The monoisotopic (exact) mass is 682 g/mol. The van der Waals surface area contributed by atoms with Crippen LogP contribution in [-0.4, -0.2) is 63.8 Å². The van der Waals surface area contributed by atoms with Crippen LogP contribution in [0.15, 0.2) is 58.3 Å². The molecule has 0 saturated carbocycles. The third kappa shape index (κ3) is 15.5. The fraction of sp³-hybridized carbons (Fsp3) is 0.357. The number of carbonyl (C=O) groups is 2. The van der Waals surface area contributed by atoms with Gasteiger partial charge in [-0.15, -0.1) is 0 Å². The largest absolute Gasteiger partial charge is 0.785 e. The minimum Gasteiger partial charge on any atom is -0.785 e. The number of aliphatic hydroxyl groups is 1. The summed E-state index contributed by atoms with van der Waals surface area (Å²) < 4.78 is 25.0. The summed E-state index contributed by atoms with van der Waals surface area (Å²) in [6.45, 7) is 4.23. The van der Waals surface area contributed by atoms with Crippen molar-refractivity contribution in [1.82, 2.24) is 0 Å². The van der Waals surface area contributed by atoms with E-state index in [0.717, 1.165) is 11.1 Å². The van der Waals surface area contributed by atoms with Crippen molar-refractivity contribution in [2.24, 2.45) is 0 Å². The molecule has 0 unspecified atom stereocenters. The molecule has 1 N–H and O–H groups in total. The molecule has 13 heteroatoms. The van der Waals surface area contributed by atoms with Crippen LogP contribution in [0, 0.1) is 0 Å². The van der Waals surface area contributed by atoms with E-state index >= 15 is 0 Å². The average Bonchev–Trinajstić information content (AvgIpc) is 2.95. The van der Waals surface area contributed by atoms with Crippen LogP contribution in [0.5, 0.6) is 11.5 Å². The fourth-order valence-electron chi connectivity index (χ4n) is 2.83. The molecular weight excluding hydrogens is 651 g/mol. The standard InChI is InChI=1S/2C14H18O4S2.Ni/c1-3-17-13(15)9-18-11-6-4-10(5-7-11)14(20)12(19)8-16-2;1-2-17-13(16)9-18-11-5-3-10(4-6-11)14(20)12(19)7-8-15;/h4-7,19-20H,3,8-9H2,1-2H3;3-6,15,19-20H,2,7-9H2,1H3;/p-4. The van der Waals surface area contributed by atoms with Crippen LogP contribution in [0.25, 0.3) is 9.81 Å². The van der Waals surface area contributed by atoms with Gasteiger partial charge in [-0.2, -0.15) is 14.7 Å². The van der Waals surface area contributed by atoms with E-state index in [9.17, 15) is 9.59 Å². The predicted molar refractivity (Wildman–Crippen MR) is 164 cm³/mol. The van der Waals surface area contributed by atoms with Gasteiger partial charge in [0.2, 0.25) is 0 Å². The molecule has 0 amide bonds. The van der Waals surface area contributed by atoms with E-state index in [1.807, 2.05) is 0 Å². The first-order valence-electron chi connectivity index (χ1n) is 12.2. The topological polar surface area (TPSA) is 101 Å². The molecule has 230 valence electrons. The molecule has 2 aromatic carbocycles. The smallest absolute Gasteiger partial charge is 0.344 e. The van der Waals surface area contributed by atoms with Gasteiger partial charge < -0.3 is 79.3 Å². The summed E-state index contributed by atoms with van der Waals surface area (Å²) in [5.41, 5.74) is 1.62. The zero-order valence-electron chi connectivity index (χ0n) is 22.8. The maximum absolute atomic E-state index is 11.2. The Balaban J connectivity index is 0.000000762. The number of esters is 2. The molecule has 0 aromatic heterocycles. The molecular formula is C28H32NiO8S4-4. The van der Waals surface area contributed by atoms with Crippen LogP contribution >= 0.6 is 0 Å². The maximum Gasteiger partial charge on any atom is 0.344 e. The number of hydrogen-bond donors (Lipinski definition) is 1. The van der Waals surface area contributed by atoms with Gasteiger partial charge in [0, 0.05) is 36.8 Å². The molecule has 0 aliphatic rings. The molecule has 2 aromatic rings. The van der Waals surface area contributed by atoms with Crippen LogP contribution in [0.3, 0.4) is 0 Å². The minimum atomic E-state index is -0.406. The van der Waals surface area contributed by atoms with Crippen molar-refractivity contribution >= 4 is 72.3 Å². The van der Waals surface area contributed by atoms with Gasteiger partial charge in [0.15, 0.2) is 13.2 Å². The summed E-state index contributed by atoms with van der Waals surface area (Å²) >= 11 is 20.7. The second-order valence-corrected chi connectivity index (χ2v) is 9.45. The van der Waals surface area contributed by atoms with Crippen molar-refractivity contribution in [2.45, 2.75) is 20.3 Å². The Morgan fingerprint density at radius 1 is 0.683 bits per heavy atom. The summed E-state index contributed by atoms with van der Waals surface area (Å²) in [5, 5.41) is 8.83. The quantitative estimate of drug-likeness (QED) is 0.178. The second kappa shape index (κ2) is 22.4. The first kappa shape index (κ1) is 38.8. The third-order valence-corrected chi connectivity index (χ3v) is 6.63. The summed E-state index contributed by atoms with van der Waals surface area (Å²) in [6.07, 6.45) is 0.384. The van der Waals surface area contributed by atoms with Gasteiger partial charge in [-0.1, -0.05) is 24.3 Å². The number of methoxy groups -OCH3 is 1. The van der Waals surface area contributed by atoms with E-state index in [2.05, 4.69) is 0 Å². The molecule has 2 rings (SSSR count). The molecule has 41 heavy (non-hydrogen) atoms. The third-order valence-electron chi connectivity index (χ3n) is 4.68. The fourth-order valence-corrected chi connectivity index (χ4v) is 3.71. The number of aliphatic hydroxyl groups excluding tert-OH is 1. The number of hydrogen-bond acceptors (Lipinski definition) is 12. The zero-order valence-corrected chi connectivity index (χ0v) is 27.1. The van der Waals surface area contributed by atoms with Crippen molar-refractivity contribution in [3.63, 3.8) is 0 Å². The molecule has 0 saturated heterocycles. The Morgan fingerprint density at radius 2 is 1.07 bits per heavy atom. The number of carbonyl (C=O) groups excluding carboxylic acids is 2. The van der Waals surface area contributed by atoms with Crippen LogP contribution in [0.1, 0.15) is 31.4 Å². The summed E-state index contributed by atoms with van der Waals surface area (Å²) in [4.78, 5) is 24.6. The van der Waals surface area contributed by atoms with Crippen molar-refractivity contribution < 1.29 is 54.9 Å². The van der Waals surface area contributed by atoms with Gasteiger partial charge >= 0.3 is 11.9 Å². The average molecular weight is 684 g/mol. The van der Waals surface area contributed by atoms with Gasteiger partial charge in [0.1, 0.15) is 11.5 Å². The molecule has 0 heterocycles. The van der Waals surface area contributed by atoms with Crippen molar-refractivity contribution in [3.8, 4) is 11.5 Å². The van der Waals surface area contributed by atoms with Crippen molar-refractivity contribution in [3.05, 3.63) is 69.5 Å². The molecule has 0 spiro atoms. The summed E-state index contributed by atoms with van der Waals surface area (Å²) in [6, 6.07) is 14.0. The number of benzene rings is 2. The normalized spacial score (nSPS) is 11.4. The molecule has 0 bridgehead atoms. The van der Waals surface area contributed by atoms with E-state index < -0.39 is 11.9 Å². The molecule has 8 nitrogen and oxygen atoms in total. The SMILES string of the molecule is CCOC(=O)COc1ccc(C([S-])=C([S-])CCO)cc1.CCOC(=O)COc1ccc(C([S-])=C([S-])COC)cc1.[Ni]. The van der Waals surface area contributed by atoms with Gasteiger partial charge in [-0.3, -0.25) is 0 Å². The van der Waals surface area contributed by atoms with Gasteiger partial charge in [0.25, 0.3) is 0 Å². The van der Waals surface area contributed by atoms with Crippen LogP contribution in [0.2, 0.25) is 0 Å². The minimum absolute atomic E-state index is 0. The first-order valence-corrected chi connectivity index (χ1v) is 13.8. The van der Waals surface area contributed by atoms with Crippen LogP contribution < -0.4 is 9.47 Å². The van der Waals surface area contributed by atoms with Gasteiger partial charge in [-0.05, 0) is 55.7 Å². The Bertz CT molecular complexity index is 1030. The van der Waals surface area contributed by atoms with Gasteiger partial charge in [0.05, 0.1) is 13.2 Å². The van der Waals surface area contributed by atoms with E-state index in [4.69, 9.17) is 79.3 Å². The molecule has 0 aliphatic carbocycles.